The van der Waals surface area contributed by atoms with E-state index in [4.69, 9.17) is 26.9 Å². The minimum Gasteiger partial charge on any atom is -0.480 e. The van der Waals surface area contributed by atoms with Crippen LogP contribution in [0.5, 0.6) is 0 Å². The highest BCUT2D eigenvalue weighted by molar-refractivity contribution is 8.06. The second-order valence-electron chi connectivity index (χ2n) is 14.9. The van der Waals surface area contributed by atoms with Crippen LogP contribution >= 0.6 is 69.6 Å². The highest BCUT2D eigenvalue weighted by Gasteiger charge is 2.58. The van der Waals surface area contributed by atoms with Gasteiger partial charge in [0.05, 0.1) is 0 Å². The molecule has 5 aromatic rings. The quantitative estimate of drug-likeness (QED) is 0.0266. The third-order valence-electron chi connectivity index (χ3n) is 9.46. The number of fused-ring (bicyclic) bond motifs is 1. The van der Waals surface area contributed by atoms with Crippen LogP contribution in [0.2, 0.25) is 4.34 Å². The van der Waals surface area contributed by atoms with Crippen molar-refractivity contribution in [3.05, 3.63) is 123 Å². The first-order chi connectivity index (χ1) is 29.7. The number of rotatable bonds is 16. The van der Waals surface area contributed by atoms with Gasteiger partial charge in [-0.1, -0.05) is 142 Å². The lowest BCUT2D eigenvalue weighted by atomic mass is 9.80. The van der Waals surface area contributed by atoms with Crippen LogP contribution in [0.1, 0.15) is 48.2 Å². The van der Waals surface area contributed by atoms with Gasteiger partial charge in [0.1, 0.15) is 36.8 Å². The van der Waals surface area contributed by atoms with Gasteiger partial charge in [-0.25, -0.2) is 9.78 Å². The molecule has 0 spiro atoms. The van der Waals surface area contributed by atoms with Crippen molar-refractivity contribution in [3.8, 4) is 0 Å². The van der Waals surface area contributed by atoms with E-state index in [-0.39, 0.29) is 33.2 Å². The molecule has 5 N–H and O–H groups in total. The summed E-state index contributed by atoms with van der Waals surface area (Å²) in [5, 5.41) is 29.2. The van der Waals surface area contributed by atoms with Gasteiger partial charge < -0.3 is 35.9 Å². The minimum atomic E-state index is -1.42. The maximum absolute atomic E-state index is 14.4. The Balaban J connectivity index is 1.06. The van der Waals surface area contributed by atoms with Crippen LogP contribution in [0.25, 0.3) is 0 Å². The Labute approximate surface area is 383 Å². The molecule has 15 nitrogen and oxygen atoms in total. The average molecular weight is 954 g/mol. The molecule has 0 aliphatic carbocycles. The number of oxime groups is 1. The van der Waals surface area contributed by atoms with E-state index in [2.05, 4.69) is 31.0 Å². The molecule has 2 fully saturated rings. The first-order valence-electron chi connectivity index (χ1n) is 19.1. The van der Waals surface area contributed by atoms with Crippen molar-refractivity contribution in [2.24, 2.45) is 5.16 Å². The van der Waals surface area contributed by atoms with E-state index in [1.165, 1.54) is 39.8 Å². The number of nitrogens with two attached hydrogens (primary N) is 1. The fraction of sp³-hybridized carbons (Fsp3) is 0.317. The summed E-state index contributed by atoms with van der Waals surface area (Å²) >= 11 is 12.7. The number of aliphatic carboxylic acids is 1. The topological polar surface area (TPSA) is 211 Å². The smallest absolute Gasteiger partial charge is 0.407 e. The number of nitrogens with one attached hydrogen (secondary N) is 2. The molecule has 0 radical (unpaired) electrons. The fourth-order valence-electron chi connectivity index (χ4n) is 6.65. The molecular weight excluding hydrogens is 912 g/mol. The summed E-state index contributed by atoms with van der Waals surface area (Å²) in [6.07, 6.45) is -0.489. The lowest BCUT2D eigenvalue weighted by Gasteiger charge is -2.53. The molecule has 2 aliphatic rings. The molecule has 0 bridgehead atoms. The second kappa shape index (κ2) is 19.3. The molecule has 62 heavy (non-hydrogen) atoms. The minimum absolute atomic E-state index is 0.0248. The standard InChI is InChI=1S/C41H41ClN8O7S5/c1-39(2,3)56-37(55)44-19-20-58-21-27-47-48-38(60-27)62-40(35(53)54)22-50-33(52)30(34(50)59-23-40)45-32(51)29(28-31(42)61-36(43)46-28)49-57-41(24-13-7-4-8-14-24,25-15-9-5-10-16-25)26-17-11-6-12-18-26/h4-18,30,34H,19-23H2,1-3H3,(H2,43,46)(H,44,55)(H,45,51)(H,53,54)/t30-,34-,40?/m1/s1. The summed E-state index contributed by atoms with van der Waals surface area (Å²) in [4.78, 5) is 65.3. The number of amides is 3. The van der Waals surface area contributed by atoms with Crippen LogP contribution in [-0.4, -0.2) is 101 Å². The number of halogens is 1. The second-order valence-corrected chi connectivity index (χ2v) is 21.5. The first kappa shape index (κ1) is 45.2. The first-order valence-corrected chi connectivity index (χ1v) is 24.1. The largest absolute Gasteiger partial charge is 0.480 e. The number of ether oxygens (including phenoxy) is 1. The van der Waals surface area contributed by atoms with E-state index < -0.39 is 51.2 Å². The van der Waals surface area contributed by atoms with E-state index in [0.717, 1.165) is 39.8 Å². The van der Waals surface area contributed by atoms with Gasteiger partial charge in [-0.3, -0.25) is 14.4 Å². The van der Waals surface area contributed by atoms with E-state index in [1.807, 2.05) is 91.0 Å². The van der Waals surface area contributed by atoms with Crippen molar-refractivity contribution >= 4 is 104 Å². The number of anilines is 1. The zero-order chi connectivity index (χ0) is 44.1. The Morgan fingerprint density at radius 1 is 0.984 bits per heavy atom. The van der Waals surface area contributed by atoms with Crippen LogP contribution in [0, 0.1) is 0 Å². The molecule has 2 aromatic heterocycles. The summed E-state index contributed by atoms with van der Waals surface area (Å²) in [6, 6.07) is 27.3. The average Bonchev–Trinajstić information content (AvgIpc) is 3.85. The van der Waals surface area contributed by atoms with Gasteiger partial charge in [0.2, 0.25) is 11.5 Å². The number of aromatic nitrogens is 3. The van der Waals surface area contributed by atoms with Gasteiger partial charge in [0.25, 0.3) is 5.91 Å². The van der Waals surface area contributed by atoms with Gasteiger partial charge in [-0.15, -0.1) is 22.0 Å². The predicted octanol–water partition coefficient (Wildman–Crippen LogP) is 6.72. The van der Waals surface area contributed by atoms with Gasteiger partial charge in [0.15, 0.2) is 15.2 Å². The van der Waals surface area contributed by atoms with Crippen LogP contribution in [0.15, 0.2) is 100 Å². The molecule has 324 valence electrons. The summed E-state index contributed by atoms with van der Waals surface area (Å²) in [7, 11) is 0. The molecule has 3 aromatic carbocycles. The number of carbonyl (C=O) groups excluding carboxylic acids is 3. The van der Waals surface area contributed by atoms with Gasteiger partial charge >= 0.3 is 12.1 Å². The highest BCUT2D eigenvalue weighted by Crippen LogP contribution is 2.47. The number of benzene rings is 3. The SMILES string of the molecule is CC(C)(C)OC(=O)NCCSCc1nnc(SC2(C(=O)O)CS[C@@H]3[C@H](NC(=O)C(=NOC(c4ccccc4)(c4ccccc4)c4ccccc4)c4nc(N)sc4Cl)C(=O)N3C2)s1. The molecule has 3 atom stereocenters. The number of carbonyl (C=O) groups is 4. The summed E-state index contributed by atoms with van der Waals surface area (Å²) in [5.41, 5.74) is 5.94. The molecule has 3 amide bonds. The van der Waals surface area contributed by atoms with E-state index >= 15 is 0 Å². The maximum atomic E-state index is 14.4. The number of thiazole rings is 1. The Hall–Kier alpha value is -4.86. The summed E-state index contributed by atoms with van der Waals surface area (Å²) in [5.74, 6) is -1.13. The van der Waals surface area contributed by atoms with Crippen molar-refractivity contribution in [1.82, 2.24) is 30.7 Å². The van der Waals surface area contributed by atoms with Gasteiger partial charge in [0, 0.05) is 47.0 Å². The number of β-lactam (4-membered cyclic amide) rings is 1. The number of carboxylic acid groups (broad SMARTS) is 1. The Morgan fingerprint density at radius 2 is 1.60 bits per heavy atom. The maximum Gasteiger partial charge on any atom is 0.407 e. The lowest BCUT2D eigenvalue weighted by molar-refractivity contribution is -0.151. The Kier molecular flexibility index (Phi) is 14.0. The van der Waals surface area contributed by atoms with Crippen molar-refractivity contribution < 1.29 is 33.9 Å². The molecule has 2 aliphatic heterocycles. The fourth-order valence-corrected chi connectivity index (χ4v) is 12.5. The number of hydrogen-bond donors (Lipinski definition) is 4. The Morgan fingerprint density at radius 3 is 2.15 bits per heavy atom. The lowest BCUT2D eigenvalue weighted by Crippen LogP contribution is -2.74. The zero-order valence-corrected chi connectivity index (χ0v) is 38.3. The van der Waals surface area contributed by atoms with Crippen molar-refractivity contribution in [2.75, 3.05) is 30.3 Å². The third-order valence-corrected chi connectivity index (χ3v) is 15.7. The third kappa shape index (κ3) is 10.00. The zero-order valence-electron chi connectivity index (χ0n) is 33.5. The highest BCUT2D eigenvalue weighted by atomic mass is 35.5. The monoisotopic (exact) mass is 952 g/mol. The molecule has 0 saturated carbocycles. The van der Waals surface area contributed by atoms with E-state index in [0.29, 0.717) is 27.4 Å². The number of hydrogen-bond acceptors (Lipinski definition) is 16. The molecular formula is C41H41ClN8O7S5. The summed E-state index contributed by atoms with van der Waals surface area (Å²) < 4.78 is 4.37. The van der Waals surface area contributed by atoms with Crippen molar-refractivity contribution in [1.29, 1.82) is 0 Å². The molecule has 1 unspecified atom stereocenters. The van der Waals surface area contributed by atoms with Crippen molar-refractivity contribution in [3.63, 3.8) is 0 Å². The Bertz CT molecular complexity index is 2340. The molecule has 21 heteroatoms. The number of nitrogen functional groups attached to an aromatic ring is 1. The van der Waals surface area contributed by atoms with Crippen molar-refractivity contribution in [2.45, 2.75) is 58.2 Å². The number of carboxylic acids is 1. The number of alkyl carbamates (subject to hydrolysis) is 1. The van der Waals surface area contributed by atoms with E-state index in [9.17, 15) is 24.3 Å². The normalized spacial score (nSPS) is 18.9. The molecule has 7 rings (SSSR count). The number of nitrogens with zero attached hydrogens (tertiary/aromatic N) is 5. The summed E-state index contributed by atoms with van der Waals surface area (Å²) in [6.45, 7) is 5.66. The van der Waals surface area contributed by atoms with E-state index in [1.54, 1.807) is 20.8 Å². The predicted molar refractivity (Wildman–Crippen MR) is 245 cm³/mol. The van der Waals surface area contributed by atoms with Crippen LogP contribution in [-0.2, 0) is 35.3 Å². The van der Waals surface area contributed by atoms with Gasteiger partial charge in [-0.2, -0.15) is 11.8 Å². The van der Waals surface area contributed by atoms with Crippen LogP contribution < -0.4 is 16.4 Å². The molecule has 4 heterocycles. The van der Waals surface area contributed by atoms with Crippen LogP contribution in [0.4, 0.5) is 9.93 Å². The molecule has 2 saturated heterocycles. The number of thioether (sulfide) groups is 3. The van der Waals surface area contributed by atoms with Gasteiger partial charge in [-0.05, 0) is 20.8 Å². The van der Waals surface area contributed by atoms with Crippen LogP contribution in [0.3, 0.4) is 0 Å².